The predicted molar refractivity (Wildman–Crippen MR) is 54.2 cm³/mol. The molecule has 0 saturated heterocycles. The lowest BCUT2D eigenvalue weighted by Crippen LogP contribution is -1.86. The smallest absolute Gasteiger partial charge is 0.151 e. The first-order valence-corrected chi connectivity index (χ1v) is 4.61. The van der Waals surface area contributed by atoms with E-state index in [2.05, 4.69) is 10.2 Å². The van der Waals surface area contributed by atoms with Gasteiger partial charge in [-0.25, -0.2) is 0 Å². The molecular formula is C10H9ClN2O. The molecule has 0 aliphatic heterocycles. The number of hydrogen-bond acceptors (Lipinski definition) is 3. The van der Waals surface area contributed by atoms with Crippen LogP contribution in [0.3, 0.4) is 0 Å². The molecule has 14 heavy (non-hydrogen) atoms. The molecule has 0 aliphatic rings. The maximum absolute atomic E-state index is 5.65. The summed E-state index contributed by atoms with van der Waals surface area (Å²) >= 11 is 5.65. The largest absolute Gasteiger partial charge is 0.466 e. The fraction of sp³-hybridized carbons (Fsp3) is 0.200. The quantitative estimate of drug-likeness (QED) is 0.723. The summed E-state index contributed by atoms with van der Waals surface area (Å²) in [6.07, 6.45) is 0. The maximum Gasteiger partial charge on any atom is 0.151 e. The summed E-state index contributed by atoms with van der Waals surface area (Å²) in [6, 6.07) is 5.48. The van der Waals surface area contributed by atoms with Gasteiger partial charge >= 0.3 is 0 Å². The molecule has 0 radical (unpaired) electrons. The van der Waals surface area contributed by atoms with Gasteiger partial charge in [0.1, 0.15) is 11.5 Å². The molecule has 2 aromatic heterocycles. The Bertz CT molecular complexity index is 448. The molecule has 2 rings (SSSR count). The molecule has 0 saturated carbocycles. The van der Waals surface area contributed by atoms with Crippen molar-refractivity contribution >= 4 is 11.6 Å². The van der Waals surface area contributed by atoms with Gasteiger partial charge in [0, 0.05) is 5.56 Å². The van der Waals surface area contributed by atoms with E-state index in [-0.39, 0.29) is 0 Å². The minimum atomic E-state index is 0.395. The summed E-state index contributed by atoms with van der Waals surface area (Å²) in [5.41, 5.74) is 1.75. The summed E-state index contributed by atoms with van der Waals surface area (Å²) in [5.74, 6) is 1.72. The van der Waals surface area contributed by atoms with Crippen LogP contribution in [-0.2, 0) is 0 Å². The molecule has 2 aromatic rings. The van der Waals surface area contributed by atoms with Crippen LogP contribution in [0.2, 0.25) is 5.15 Å². The monoisotopic (exact) mass is 208 g/mol. The zero-order chi connectivity index (χ0) is 10.1. The van der Waals surface area contributed by atoms with Gasteiger partial charge in [0.2, 0.25) is 0 Å². The zero-order valence-electron chi connectivity index (χ0n) is 7.91. The second kappa shape index (κ2) is 3.42. The van der Waals surface area contributed by atoms with Crippen LogP contribution < -0.4 is 0 Å². The number of furan rings is 1. The van der Waals surface area contributed by atoms with Gasteiger partial charge < -0.3 is 4.42 Å². The highest BCUT2D eigenvalue weighted by molar-refractivity contribution is 6.29. The van der Waals surface area contributed by atoms with Gasteiger partial charge in [0.25, 0.3) is 0 Å². The lowest BCUT2D eigenvalue weighted by atomic mass is 10.2. The van der Waals surface area contributed by atoms with Gasteiger partial charge in [-0.15, -0.1) is 10.2 Å². The fourth-order valence-electron chi connectivity index (χ4n) is 1.34. The number of aryl methyl sites for hydroxylation is 2. The van der Waals surface area contributed by atoms with Crippen molar-refractivity contribution in [3.8, 4) is 11.3 Å². The van der Waals surface area contributed by atoms with Gasteiger partial charge in [-0.3, -0.25) is 0 Å². The third-order valence-corrected chi connectivity index (χ3v) is 2.15. The lowest BCUT2D eigenvalue weighted by Gasteiger charge is -1.95. The Kier molecular flexibility index (Phi) is 2.25. The van der Waals surface area contributed by atoms with Crippen molar-refractivity contribution in [2.75, 3.05) is 0 Å². The van der Waals surface area contributed by atoms with Crippen LogP contribution in [0.25, 0.3) is 11.3 Å². The molecule has 0 unspecified atom stereocenters. The highest BCUT2D eigenvalue weighted by Gasteiger charge is 2.08. The molecule has 0 bridgehead atoms. The third-order valence-electron chi connectivity index (χ3n) is 1.95. The van der Waals surface area contributed by atoms with Crippen molar-refractivity contribution in [1.82, 2.24) is 10.2 Å². The zero-order valence-corrected chi connectivity index (χ0v) is 8.67. The van der Waals surface area contributed by atoms with Crippen LogP contribution >= 0.6 is 11.6 Å². The highest BCUT2D eigenvalue weighted by atomic mass is 35.5. The van der Waals surface area contributed by atoms with Crippen molar-refractivity contribution in [2.45, 2.75) is 13.8 Å². The summed E-state index contributed by atoms with van der Waals surface area (Å²) in [6.45, 7) is 3.80. The summed E-state index contributed by atoms with van der Waals surface area (Å²) in [5, 5.41) is 8.16. The first kappa shape index (κ1) is 9.21. The van der Waals surface area contributed by atoms with E-state index in [9.17, 15) is 0 Å². The van der Waals surface area contributed by atoms with Crippen LogP contribution in [0.1, 0.15) is 11.5 Å². The van der Waals surface area contributed by atoms with Gasteiger partial charge in [-0.05, 0) is 32.0 Å². The second-order valence-electron chi connectivity index (χ2n) is 3.07. The van der Waals surface area contributed by atoms with Crippen LogP contribution in [0, 0.1) is 13.8 Å². The molecule has 0 amide bonds. The molecule has 0 fully saturated rings. The number of rotatable bonds is 1. The van der Waals surface area contributed by atoms with Crippen molar-refractivity contribution in [2.24, 2.45) is 0 Å². The summed E-state index contributed by atoms with van der Waals surface area (Å²) in [7, 11) is 0. The Morgan fingerprint density at radius 2 is 2.00 bits per heavy atom. The van der Waals surface area contributed by atoms with Crippen LogP contribution in [0.5, 0.6) is 0 Å². The average molecular weight is 209 g/mol. The normalized spacial score (nSPS) is 10.5. The molecule has 3 nitrogen and oxygen atoms in total. The first-order valence-electron chi connectivity index (χ1n) is 4.23. The third kappa shape index (κ3) is 1.63. The SMILES string of the molecule is Cc1cc(-c2ccc(Cl)nn2)c(C)o1. The van der Waals surface area contributed by atoms with E-state index in [1.807, 2.05) is 26.0 Å². The van der Waals surface area contributed by atoms with Crippen molar-refractivity contribution in [1.29, 1.82) is 0 Å². The number of halogens is 1. The summed E-state index contributed by atoms with van der Waals surface area (Å²) in [4.78, 5) is 0. The van der Waals surface area contributed by atoms with Gasteiger partial charge in [0.15, 0.2) is 5.15 Å². The van der Waals surface area contributed by atoms with Gasteiger partial charge in [0.05, 0.1) is 5.69 Å². The predicted octanol–water partition coefficient (Wildman–Crippen LogP) is 3.01. The van der Waals surface area contributed by atoms with Crippen LogP contribution in [0.4, 0.5) is 0 Å². The minimum absolute atomic E-state index is 0.395. The fourth-order valence-corrected chi connectivity index (χ4v) is 1.45. The Morgan fingerprint density at radius 3 is 2.50 bits per heavy atom. The van der Waals surface area contributed by atoms with Crippen LogP contribution in [0.15, 0.2) is 22.6 Å². The lowest BCUT2D eigenvalue weighted by molar-refractivity contribution is 0.505. The Morgan fingerprint density at radius 1 is 1.21 bits per heavy atom. The molecule has 0 aromatic carbocycles. The minimum Gasteiger partial charge on any atom is -0.466 e. The van der Waals surface area contributed by atoms with E-state index >= 15 is 0 Å². The molecule has 0 N–H and O–H groups in total. The average Bonchev–Trinajstić information content (AvgIpc) is 2.47. The molecule has 0 spiro atoms. The Hall–Kier alpha value is -1.35. The highest BCUT2D eigenvalue weighted by Crippen LogP contribution is 2.24. The van der Waals surface area contributed by atoms with Crippen molar-refractivity contribution < 1.29 is 4.42 Å². The molecule has 0 atom stereocenters. The summed E-state index contributed by atoms with van der Waals surface area (Å²) < 4.78 is 5.40. The van der Waals surface area contributed by atoms with E-state index < -0.39 is 0 Å². The topological polar surface area (TPSA) is 38.9 Å². The van der Waals surface area contributed by atoms with E-state index in [0.29, 0.717) is 5.15 Å². The van der Waals surface area contributed by atoms with Gasteiger partial charge in [-0.2, -0.15) is 0 Å². The number of hydrogen-bond donors (Lipinski definition) is 0. The number of nitrogens with zero attached hydrogens (tertiary/aromatic N) is 2. The van der Waals surface area contributed by atoms with E-state index in [1.165, 1.54) is 0 Å². The Labute approximate surface area is 86.7 Å². The molecular weight excluding hydrogens is 200 g/mol. The molecule has 0 aliphatic carbocycles. The first-order chi connectivity index (χ1) is 6.66. The van der Waals surface area contributed by atoms with Crippen LogP contribution in [-0.4, -0.2) is 10.2 Å². The van der Waals surface area contributed by atoms with E-state index in [0.717, 1.165) is 22.8 Å². The molecule has 4 heteroatoms. The second-order valence-corrected chi connectivity index (χ2v) is 3.46. The van der Waals surface area contributed by atoms with Crippen molar-refractivity contribution in [3.05, 3.63) is 34.9 Å². The molecule has 2 heterocycles. The maximum atomic E-state index is 5.65. The van der Waals surface area contributed by atoms with E-state index in [1.54, 1.807) is 6.07 Å². The molecule has 72 valence electrons. The number of aromatic nitrogens is 2. The standard InChI is InChI=1S/C10H9ClN2O/c1-6-5-8(7(2)14-6)9-3-4-10(11)13-12-9/h3-5H,1-2H3. The van der Waals surface area contributed by atoms with Crippen molar-refractivity contribution in [3.63, 3.8) is 0 Å². The van der Waals surface area contributed by atoms with E-state index in [4.69, 9.17) is 16.0 Å². The Balaban J connectivity index is 2.49. The van der Waals surface area contributed by atoms with Gasteiger partial charge in [-0.1, -0.05) is 11.6 Å².